The van der Waals surface area contributed by atoms with Crippen molar-refractivity contribution < 1.29 is 14.3 Å². The molecule has 0 radical (unpaired) electrons. The number of esters is 1. The molecule has 3 nitrogen and oxygen atoms in total. The van der Waals surface area contributed by atoms with E-state index in [2.05, 4.69) is 0 Å². The topological polar surface area (TPSA) is 35.5 Å². The number of carbonyl (C=O) groups excluding carboxylic acids is 1. The quantitative estimate of drug-likeness (QED) is 0.564. The standard InChI is InChI=1S/C13H16O3/c1-3-16-13(14)12(10-15-2)9-11-7-5-4-6-8-11/h4-9H,3,10H2,1-2H3/b12-9+. The number of ether oxygens (including phenoxy) is 2. The first-order valence-electron chi connectivity index (χ1n) is 5.19. The van der Waals surface area contributed by atoms with Crippen LogP contribution in [-0.4, -0.2) is 26.3 Å². The smallest absolute Gasteiger partial charge is 0.336 e. The molecule has 0 aliphatic heterocycles. The fourth-order valence-electron chi connectivity index (χ4n) is 1.29. The summed E-state index contributed by atoms with van der Waals surface area (Å²) >= 11 is 0. The molecule has 0 saturated carbocycles. The zero-order valence-electron chi connectivity index (χ0n) is 9.60. The van der Waals surface area contributed by atoms with Gasteiger partial charge in [-0.3, -0.25) is 0 Å². The van der Waals surface area contributed by atoms with Crippen LogP contribution in [0.2, 0.25) is 0 Å². The molecule has 0 heterocycles. The van der Waals surface area contributed by atoms with Crippen LogP contribution in [0.1, 0.15) is 12.5 Å². The van der Waals surface area contributed by atoms with Gasteiger partial charge in [0.2, 0.25) is 0 Å². The van der Waals surface area contributed by atoms with Gasteiger partial charge < -0.3 is 9.47 Å². The van der Waals surface area contributed by atoms with Gasteiger partial charge >= 0.3 is 5.97 Å². The zero-order chi connectivity index (χ0) is 11.8. The van der Waals surface area contributed by atoms with Crippen LogP contribution >= 0.6 is 0 Å². The van der Waals surface area contributed by atoms with E-state index in [9.17, 15) is 4.79 Å². The van der Waals surface area contributed by atoms with Crippen molar-refractivity contribution in [2.75, 3.05) is 20.3 Å². The van der Waals surface area contributed by atoms with E-state index in [0.717, 1.165) is 5.56 Å². The Labute approximate surface area is 95.7 Å². The van der Waals surface area contributed by atoms with Gasteiger partial charge in [0.15, 0.2) is 0 Å². The molecule has 0 aliphatic carbocycles. The molecule has 0 bridgehead atoms. The lowest BCUT2D eigenvalue weighted by molar-refractivity contribution is -0.139. The fraction of sp³-hybridized carbons (Fsp3) is 0.308. The van der Waals surface area contributed by atoms with Crippen molar-refractivity contribution in [2.24, 2.45) is 0 Å². The summed E-state index contributed by atoms with van der Waals surface area (Å²) in [6.07, 6.45) is 1.78. The molecule has 1 rings (SSSR count). The molecule has 0 aromatic heterocycles. The summed E-state index contributed by atoms with van der Waals surface area (Å²) in [6, 6.07) is 9.62. The number of hydrogen-bond donors (Lipinski definition) is 0. The summed E-state index contributed by atoms with van der Waals surface area (Å²) < 4.78 is 9.92. The molecular weight excluding hydrogens is 204 g/mol. The molecular formula is C13H16O3. The maximum absolute atomic E-state index is 11.6. The highest BCUT2D eigenvalue weighted by Crippen LogP contribution is 2.08. The van der Waals surface area contributed by atoms with Crippen molar-refractivity contribution in [3.05, 3.63) is 41.5 Å². The number of rotatable bonds is 5. The maximum Gasteiger partial charge on any atom is 0.336 e. The van der Waals surface area contributed by atoms with Gasteiger partial charge in [-0.05, 0) is 18.6 Å². The van der Waals surface area contributed by atoms with Crippen LogP contribution in [0.3, 0.4) is 0 Å². The number of methoxy groups -OCH3 is 1. The molecule has 0 atom stereocenters. The van der Waals surface area contributed by atoms with E-state index < -0.39 is 0 Å². The van der Waals surface area contributed by atoms with Gasteiger partial charge in [0, 0.05) is 7.11 Å². The van der Waals surface area contributed by atoms with E-state index in [1.54, 1.807) is 20.1 Å². The molecule has 0 amide bonds. The molecule has 0 saturated heterocycles. The summed E-state index contributed by atoms with van der Waals surface area (Å²) in [7, 11) is 1.55. The van der Waals surface area contributed by atoms with E-state index in [0.29, 0.717) is 12.2 Å². The Morgan fingerprint density at radius 1 is 1.31 bits per heavy atom. The Morgan fingerprint density at radius 2 is 2.00 bits per heavy atom. The summed E-state index contributed by atoms with van der Waals surface area (Å²) in [5.41, 5.74) is 1.48. The van der Waals surface area contributed by atoms with E-state index >= 15 is 0 Å². The molecule has 86 valence electrons. The van der Waals surface area contributed by atoms with E-state index in [1.807, 2.05) is 30.3 Å². The zero-order valence-corrected chi connectivity index (χ0v) is 9.60. The minimum atomic E-state index is -0.326. The van der Waals surface area contributed by atoms with Gasteiger partial charge in [-0.15, -0.1) is 0 Å². The molecule has 3 heteroatoms. The second kappa shape index (κ2) is 6.80. The van der Waals surface area contributed by atoms with Crippen LogP contribution in [0.4, 0.5) is 0 Å². The number of carbonyl (C=O) groups is 1. The summed E-state index contributed by atoms with van der Waals surface area (Å²) in [4.78, 5) is 11.6. The predicted molar refractivity (Wildman–Crippen MR) is 62.9 cm³/mol. The molecule has 0 N–H and O–H groups in total. The van der Waals surface area contributed by atoms with Crippen molar-refractivity contribution in [1.29, 1.82) is 0 Å². The molecule has 1 aromatic rings. The van der Waals surface area contributed by atoms with Gasteiger partial charge in [-0.1, -0.05) is 30.3 Å². The highest BCUT2D eigenvalue weighted by Gasteiger charge is 2.09. The molecule has 0 unspecified atom stereocenters. The van der Waals surface area contributed by atoms with Crippen molar-refractivity contribution in [1.82, 2.24) is 0 Å². The van der Waals surface area contributed by atoms with Crippen LogP contribution in [0.25, 0.3) is 6.08 Å². The van der Waals surface area contributed by atoms with Crippen LogP contribution in [0.15, 0.2) is 35.9 Å². The highest BCUT2D eigenvalue weighted by molar-refractivity contribution is 5.93. The van der Waals surface area contributed by atoms with Crippen molar-refractivity contribution >= 4 is 12.0 Å². The number of benzene rings is 1. The summed E-state index contributed by atoms with van der Waals surface area (Å²) in [5.74, 6) is -0.326. The second-order valence-corrected chi connectivity index (χ2v) is 3.23. The third-order valence-electron chi connectivity index (χ3n) is 1.98. The Hall–Kier alpha value is -1.61. The van der Waals surface area contributed by atoms with E-state index in [-0.39, 0.29) is 12.6 Å². The highest BCUT2D eigenvalue weighted by atomic mass is 16.5. The van der Waals surface area contributed by atoms with Crippen LogP contribution < -0.4 is 0 Å². The molecule has 0 aliphatic rings. The Balaban J connectivity index is 2.84. The average Bonchev–Trinajstić information content (AvgIpc) is 2.30. The van der Waals surface area contributed by atoms with Crippen LogP contribution in [0.5, 0.6) is 0 Å². The van der Waals surface area contributed by atoms with E-state index in [4.69, 9.17) is 9.47 Å². The minimum Gasteiger partial charge on any atom is -0.463 e. The molecule has 16 heavy (non-hydrogen) atoms. The lowest BCUT2D eigenvalue weighted by Gasteiger charge is -2.05. The average molecular weight is 220 g/mol. The first-order chi connectivity index (χ1) is 7.77. The van der Waals surface area contributed by atoms with Crippen molar-refractivity contribution in [2.45, 2.75) is 6.92 Å². The Bertz CT molecular complexity index is 355. The van der Waals surface area contributed by atoms with Gasteiger partial charge in [0.25, 0.3) is 0 Å². The lowest BCUT2D eigenvalue weighted by atomic mass is 10.1. The monoisotopic (exact) mass is 220 g/mol. The predicted octanol–water partition coefficient (Wildman–Crippen LogP) is 2.28. The first kappa shape index (κ1) is 12.5. The first-order valence-corrected chi connectivity index (χ1v) is 5.19. The largest absolute Gasteiger partial charge is 0.463 e. The van der Waals surface area contributed by atoms with Gasteiger partial charge in [-0.25, -0.2) is 4.79 Å². The SMILES string of the molecule is CCOC(=O)/C(=C/c1ccccc1)COC. The van der Waals surface area contributed by atoms with Gasteiger partial charge in [0.1, 0.15) is 0 Å². The lowest BCUT2D eigenvalue weighted by Crippen LogP contribution is -2.11. The second-order valence-electron chi connectivity index (χ2n) is 3.23. The van der Waals surface area contributed by atoms with Crippen LogP contribution in [-0.2, 0) is 14.3 Å². The minimum absolute atomic E-state index is 0.258. The number of hydrogen-bond acceptors (Lipinski definition) is 3. The molecule has 0 spiro atoms. The Kier molecular flexibility index (Phi) is 5.29. The van der Waals surface area contributed by atoms with Crippen LogP contribution in [0, 0.1) is 0 Å². The van der Waals surface area contributed by atoms with Crippen molar-refractivity contribution in [3.63, 3.8) is 0 Å². The normalized spacial score (nSPS) is 11.2. The maximum atomic E-state index is 11.6. The third-order valence-corrected chi connectivity index (χ3v) is 1.98. The van der Waals surface area contributed by atoms with Crippen molar-refractivity contribution in [3.8, 4) is 0 Å². The Morgan fingerprint density at radius 3 is 2.56 bits per heavy atom. The van der Waals surface area contributed by atoms with Gasteiger partial charge in [0.05, 0.1) is 18.8 Å². The fourth-order valence-corrected chi connectivity index (χ4v) is 1.29. The van der Waals surface area contributed by atoms with Gasteiger partial charge in [-0.2, -0.15) is 0 Å². The molecule has 1 aromatic carbocycles. The molecule has 0 fully saturated rings. The third kappa shape index (κ3) is 3.87. The summed E-state index contributed by atoms with van der Waals surface area (Å²) in [6.45, 7) is 2.41. The van der Waals surface area contributed by atoms with E-state index in [1.165, 1.54) is 0 Å². The summed E-state index contributed by atoms with van der Waals surface area (Å²) in [5, 5.41) is 0.